The smallest absolute Gasteiger partial charge is 0.409 e. The van der Waals surface area contributed by atoms with E-state index in [9.17, 15) is 4.79 Å². The van der Waals surface area contributed by atoms with E-state index < -0.39 is 0 Å². The molecule has 1 aliphatic rings. The van der Waals surface area contributed by atoms with Crippen LogP contribution in [0.25, 0.3) is 5.65 Å². The van der Waals surface area contributed by atoms with Crippen molar-refractivity contribution < 1.29 is 9.53 Å². The van der Waals surface area contributed by atoms with Crippen molar-refractivity contribution in [1.29, 1.82) is 0 Å². The number of pyridine rings is 1. The van der Waals surface area contributed by atoms with Crippen LogP contribution in [0.15, 0.2) is 30.6 Å². The van der Waals surface area contributed by atoms with Crippen LogP contribution in [0, 0.1) is 0 Å². The Morgan fingerprint density at radius 1 is 1.45 bits per heavy atom. The largest absolute Gasteiger partial charge is 0.453 e. The molecule has 5 heteroatoms. The zero-order valence-corrected chi connectivity index (χ0v) is 11.7. The lowest BCUT2D eigenvalue weighted by Gasteiger charge is -2.34. The van der Waals surface area contributed by atoms with E-state index in [0.29, 0.717) is 0 Å². The minimum absolute atomic E-state index is 0.195. The van der Waals surface area contributed by atoms with E-state index in [1.165, 1.54) is 7.11 Å². The molecule has 0 aliphatic carbocycles. The van der Waals surface area contributed by atoms with Crippen molar-refractivity contribution in [3.63, 3.8) is 0 Å². The maximum absolute atomic E-state index is 11.8. The van der Waals surface area contributed by atoms with E-state index in [0.717, 1.165) is 43.6 Å². The lowest BCUT2D eigenvalue weighted by Crippen LogP contribution is -2.44. The fourth-order valence-corrected chi connectivity index (χ4v) is 2.90. The van der Waals surface area contributed by atoms with Gasteiger partial charge < -0.3 is 14.0 Å². The van der Waals surface area contributed by atoms with Crippen molar-refractivity contribution in [3.05, 3.63) is 36.3 Å². The zero-order valence-electron chi connectivity index (χ0n) is 11.7. The van der Waals surface area contributed by atoms with Gasteiger partial charge in [-0.1, -0.05) is 6.07 Å². The molecule has 2 aromatic heterocycles. The average Bonchev–Trinajstić information content (AvgIpc) is 2.89. The molecule has 2 aromatic rings. The summed E-state index contributed by atoms with van der Waals surface area (Å²) in [4.78, 5) is 18.3. The van der Waals surface area contributed by atoms with Crippen LogP contribution in [-0.2, 0) is 11.2 Å². The van der Waals surface area contributed by atoms with E-state index in [2.05, 4.69) is 4.98 Å². The second-order valence-corrected chi connectivity index (χ2v) is 5.22. The first kappa shape index (κ1) is 13.0. The van der Waals surface area contributed by atoms with Gasteiger partial charge in [-0.2, -0.15) is 0 Å². The molecule has 0 unspecified atom stereocenters. The molecule has 0 saturated carbocycles. The Kier molecular flexibility index (Phi) is 3.58. The van der Waals surface area contributed by atoms with Crippen molar-refractivity contribution in [2.45, 2.75) is 31.7 Å². The molecule has 3 heterocycles. The number of hydrogen-bond acceptors (Lipinski definition) is 3. The SMILES string of the molecule is COC(=O)N1CCCC[C@H]1Cc1cn2ccccc2n1. The predicted molar refractivity (Wildman–Crippen MR) is 75.6 cm³/mol. The third-order valence-corrected chi connectivity index (χ3v) is 3.89. The molecule has 0 spiro atoms. The van der Waals surface area contributed by atoms with E-state index >= 15 is 0 Å². The van der Waals surface area contributed by atoms with Gasteiger partial charge in [-0.05, 0) is 31.4 Å². The molecule has 3 rings (SSSR count). The summed E-state index contributed by atoms with van der Waals surface area (Å²) in [6.07, 6.45) is 7.82. The van der Waals surface area contributed by atoms with Gasteiger partial charge in [0.15, 0.2) is 0 Å². The lowest BCUT2D eigenvalue weighted by atomic mass is 9.99. The van der Waals surface area contributed by atoms with Gasteiger partial charge in [0.1, 0.15) is 5.65 Å². The first-order valence-corrected chi connectivity index (χ1v) is 7.05. The number of methoxy groups -OCH3 is 1. The molecular weight excluding hydrogens is 254 g/mol. The van der Waals surface area contributed by atoms with Gasteiger partial charge in [0.25, 0.3) is 0 Å². The normalized spacial score (nSPS) is 19.2. The Morgan fingerprint density at radius 2 is 2.35 bits per heavy atom. The van der Waals surface area contributed by atoms with Gasteiger partial charge in [0, 0.05) is 31.4 Å². The number of amides is 1. The quantitative estimate of drug-likeness (QED) is 0.844. The van der Waals surface area contributed by atoms with Crippen molar-refractivity contribution in [3.8, 4) is 0 Å². The van der Waals surface area contributed by atoms with Crippen LogP contribution in [0.5, 0.6) is 0 Å². The van der Waals surface area contributed by atoms with Crippen molar-refractivity contribution in [2.75, 3.05) is 13.7 Å². The molecule has 20 heavy (non-hydrogen) atoms. The molecule has 0 aromatic carbocycles. The Balaban J connectivity index is 1.79. The van der Waals surface area contributed by atoms with Crippen LogP contribution in [0.4, 0.5) is 4.79 Å². The number of aromatic nitrogens is 2. The highest BCUT2D eigenvalue weighted by Gasteiger charge is 2.28. The van der Waals surface area contributed by atoms with Crippen LogP contribution in [0.1, 0.15) is 25.0 Å². The van der Waals surface area contributed by atoms with Gasteiger partial charge in [0.05, 0.1) is 12.8 Å². The molecule has 1 atom stereocenters. The monoisotopic (exact) mass is 273 g/mol. The van der Waals surface area contributed by atoms with E-state index in [-0.39, 0.29) is 12.1 Å². The fourth-order valence-electron chi connectivity index (χ4n) is 2.90. The molecule has 1 fully saturated rings. The maximum atomic E-state index is 11.8. The summed E-state index contributed by atoms with van der Waals surface area (Å²) >= 11 is 0. The van der Waals surface area contributed by atoms with E-state index in [1.54, 1.807) is 0 Å². The zero-order chi connectivity index (χ0) is 13.9. The molecule has 0 radical (unpaired) electrons. The highest BCUT2D eigenvalue weighted by molar-refractivity contribution is 5.68. The summed E-state index contributed by atoms with van der Waals surface area (Å²) in [6, 6.07) is 6.15. The third kappa shape index (κ3) is 2.48. The van der Waals surface area contributed by atoms with Crippen LogP contribution in [0.3, 0.4) is 0 Å². The number of rotatable bonds is 2. The summed E-state index contributed by atoms with van der Waals surface area (Å²) in [7, 11) is 1.44. The summed E-state index contributed by atoms with van der Waals surface area (Å²) in [5, 5.41) is 0. The summed E-state index contributed by atoms with van der Waals surface area (Å²) in [5.74, 6) is 0. The molecule has 5 nitrogen and oxygen atoms in total. The number of imidazole rings is 1. The van der Waals surface area contributed by atoms with Crippen molar-refractivity contribution in [1.82, 2.24) is 14.3 Å². The molecule has 1 amide bonds. The van der Waals surface area contributed by atoms with Crippen LogP contribution >= 0.6 is 0 Å². The summed E-state index contributed by atoms with van der Waals surface area (Å²) in [6.45, 7) is 0.782. The second kappa shape index (κ2) is 5.53. The number of hydrogen-bond donors (Lipinski definition) is 0. The highest BCUT2D eigenvalue weighted by atomic mass is 16.5. The first-order chi connectivity index (χ1) is 9.78. The minimum atomic E-state index is -0.224. The Labute approximate surface area is 118 Å². The van der Waals surface area contributed by atoms with Crippen LogP contribution in [0.2, 0.25) is 0 Å². The Hall–Kier alpha value is -2.04. The van der Waals surface area contributed by atoms with Crippen molar-refractivity contribution in [2.24, 2.45) is 0 Å². The number of carbonyl (C=O) groups is 1. The molecular formula is C15H19N3O2. The van der Waals surface area contributed by atoms with Gasteiger partial charge in [0.2, 0.25) is 0 Å². The highest BCUT2D eigenvalue weighted by Crippen LogP contribution is 2.21. The molecule has 0 N–H and O–H groups in total. The van der Waals surface area contributed by atoms with Gasteiger partial charge in [-0.25, -0.2) is 9.78 Å². The summed E-state index contributed by atoms with van der Waals surface area (Å²) < 4.78 is 6.89. The number of ether oxygens (including phenoxy) is 1. The predicted octanol–water partition coefficient (Wildman–Crippen LogP) is 2.50. The molecule has 1 aliphatic heterocycles. The third-order valence-electron chi connectivity index (χ3n) is 3.89. The van der Waals surface area contributed by atoms with Gasteiger partial charge in [-0.15, -0.1) is 0 Å². The Bertz CT molecular complexity index is 575. The van der Waals surface area contributed by atoms with Gasteiger partial charge in [-0.3, -0.25) is 0 Å². The number of likely N-dealkylation sites (tertiary alicyclic amines) is 1. The molecule has 106 valence electrons. The Morgan fingerprint density at radius 3 is 3.15 bits per heavy atom. The number of nitrogens with zero attached hydrogens (tertiary/aromatic N) is 3. The number of fused-ring (bicyclic) bond motifs is 1. The topological polar surface area (TPSA) is 46.8 Å². The first-order valence-electron chi connectivity index (χ1n) is 7.05. The number of carbonyl (C=O) groups excluding carboxylic acids is 1. The van der Waals surface area contributed by atoms with Gasteiger partial charge >= 0.3 is 6.09 Å². The molecule has 1 saturated heterocycles. The van der Waals surface area contributed by atoms with Crippen LogP contribution < -0.4 is 0 Å². The lowest BCUT2D eigenvalue weighted by molar-refractivity contribution is 0.0893. The second-order valence-electron chi connectivity index (χ2n) is 5.22. The number of piperidine rings is 1. The van der Waals surface area contributed by atoms with Crippen molar-refractivity contribution >= 4 is 11.7 Å². The van der Waals surface area contributed by atoms with E-state index in [4.69, 9.17) is 4.74 Å². The van der Waals surface area contributed by atoms with Crippen LogP contribution in [-0.4, -0.2) is 40.1 Å². The maximum Gasteiger partial charge on any atom is 0.409 e. The fraction of sp³-hybridized carbons (Fsp3) is 0.467. The minimum Gasteiger partial charge on any atom is -0.453 e. The average molecular weight is 273 g/mol. The molecule has 0 bridgehead atoms. The standard InChI is InChI=1S/C15H19N3O2/c1-20-15(19)18-9-5-2-6-13(18)10-12-11-17-8-4-3-7-14(17)16-12/h3-4,7-8,11,13H,2,5-6,9-10H2,1H3/t13-/m0/s1. The van der Waals surface area contributed by atoms with E-state index in [1.807, 2.05) is 39.9 Å². The summed E-state index contributed by atoms with van der Waals surface area (Å²) in [5.41, 5.74) is 1.97.